The number of aliphatic hydroxyl groups excluding tert-OH is 2. The van der Waals surface area contributed by atoms with Crippen LogP contribution < -0.4 is 17.0 Å². The van der Waals surface area contributed by atoms with Crippen molar-refractivity contribution in [3.63, 3.8) is 0 Å². The third-order valence-corrected chi connectivity index (χ3v) is 2.72. The van der Waals surface area contributed by atoms with Crippen molar-refractivity contribution in [3.05, 3.63) is 33.1 Å². The van der Waals surface area contributed by atoms with Gasteiger partial charge in [0, 0.05) is 12.3 Å². The van der Waals surface area contributed by atoms with Gasteiger partial charge in [-0.05, 0) is 0 Å². The van der Waals surface area contributed by atoms with Crippen LogP contribution in [0, 0.1) is 0 Å². The van der Waals surface area contributed by atoms with E-state index in [9.17, 15) is 14.7 Å². The predicted octanol–water partition coefficient (Wildman–Crippen LogP) is -2.89. The van der Waals surface area contributed by atoms with E-state index in [4.69, 9.17) is 15.6 Å². The highest BCUT2D eigenvalue weighted by molar-refractivity contribution is 4.94. The molecule has 17 heavy (non-hydrogen) atoms. The first-order chi connectivity index (χ1) is 8.04. The molecule has 94 valence electrons. The molecule has 1 aromatic rings. The zero-order valence-corrected chi connectivity index (χ0v) is 8.81. The number of aliphatic hydroxyl groups is 2. The molecule has 0 bridgehead atoms. The molecule has 1 aliphatic rings. The molecule has 1 aromatic heterocycles. The summed E-state index contributed by atoms with van der Waals surface area (Å²) in [6.07, 6.45) is -1.58. The average Bonchev–Trinajstić information content (AvgIpc) is 2.57. The third kappa shape index (κ3) is 2.03. The summed E-state index contributed by atoms with van der Waals surface area (Å²) in [6.45, 7) is -0.399. The Balaban J connectivity index is 2.35. The summed E-state index contributed by atoms with van der Waals surface area (Å²) < 4.78 is 6.33. The second kappa shape index (κ2) is 4.41. The van der Waals surface area contributed by atoms with E-state index in [1.807, 2.05) is 0 Å². The Labute approximate surface area is 95.3 Å². The lowest BCUT2D eigenvalue weighted by molar-refractivity contribution is -0.0465. The van der Waals surface area contributed by atoms with Crippen molar-refractivity contribution in [3.8, 4) is 0 Å². The van der Waals surface area contributed by atoms with E-state index < -0.39 is 42.3 Å². The Morgan fingerprint density at radius 2 is 2.24 bits per heavy atom. The van der Waals surface area contributed by atoms with Crippen molar-refractivity contribution in [1.29, 1.82) is 0 Å². The third-order valence-electron chi connectivity index (χ3n) is 2.72. The topological polar surface area (TPSA) is 131 Å². The van der Waals surface area contributed by atoms with Gasteiger partial charge in [-0.2, -0.15) is 0 Å². The fourth-order valence-electron chi connectivity index (χ4n) is 1.80. The molecule has 0 aliphatic carbocycles. The molecule has 5 N–H and O–H groups in total. The summed E-state index contributed by atoms with van der Waals surface area (Å²) in [5.74, 6) is 0. The van der Waals surface area contributed by atoms with Crippen LogP contribution >= 0.6 is 0 Å². The van der Waals surface area contributed by atoms with Gasteiger partial charge in [-0.1, -0.05) is 0 Å². The van der Waals surface area contributed by atoms with Gasteiger partial charge in [0.15, 0.2) is 6.23 Å². The molecule has 8 nitrogen and oxygen atoms in total. The molecule has 8 heteroatoms. The number of hydrogen-bond donors (Lipinski definition) is 4. The maximum atomic E-state index is 11.5. The molecule has 2 rings (SSSR count). The van der Waals surface area contributed by atoms with E-state index in [-0.39, 0.29) is 0 Å². The van der Waals surface area contributed by atoms with Crippen LogP contribution in [0.5, 0.6) is 0 Å². The first-order valence-corrected chi connectivity index (χ1v) is 5.06. The van der Waals surface area contributed by atoms with Crippen molar-refractivity contribution in [2.75, 3.05) is 6.61 Å². The number of aromatic amines is 1. The number of hydrogen-bond acceptors (Lipinski definition) is 6. The Bertz CT molecular complexity index is 510. The maximum Gasteiger partial charge on any atom is 0.330 e. The number of rotatable bonds is 2. The zero-order valence-electron chi connectivity index (χ0n) is 8.81. The normalized spacial score (nSPS) is 32.9. The molecule has 0 saturated carbocycles. The smallest absolute Gasteiger partial charge is 0.330 e. The fourth-order valence-corrected chi connectivity index (χ4v) is 1.80. The lowest BCUT2D eigenvalue weighted by Crippen LogP contribution is -2.42. The van der Waals surface area contributed by atoms with E-state index >= 15 is 0 Å². The first-order valence-electron chi connectivity index (χ1n) is 5.06. The molecule has 2 heterocycles. The van der Waals surface area contributed by atoms with Crippen molar-refractivity contribution in [2.24, 2.45) is 5.73 Å². The minimum absolute atomic E-state index is 0.399. The van der Waals surface area contributed by atoms with E-state index in [1.165, 1.54) is 6.20 Å². The second-order valence-electron chi connectivity index (χ2n) is 3.83. The summed E-state index contributed by atoms with van der Waals surface area (Å²) in [5.41, 5.74) is 4.48. The molecule has 1 saturated heterocycles. The minimum Gasteiger partial charge on any atom is -0.394 e. The molecular formula is C9H13N3O5. The molecule has 0 amide bonds. The van der Waals surface area contributed by atoms with Crippen molar-refractivity contribution < 1.29 is 14.9 Å². The van der Waals surface area contributed by atoms with Crippen LogP contribution in [-0.4, -0.2) is 44.6 Å². The molecule has 0 aromatic carbocycles. The van der Waals surface area contributed by atoms with Crippen molar-refractivity contribution in [1.82, 2.24) is 9.55 Å². The minimum atomic E-state index is -1.07. The van der Waals surface area contributed by atoms with Crippen molar-refractivity contribution >= 4 is 0 Å². The van der Waals surface area contributed by atoms with Gasteiger partial charge < -0.3 is 20.7 Å². The molecule has 1 aliphatic heterocycles. The van der Waals surface area contributed by atoms with Crippen LogP contribution in [0.2, 0.25) is 0 Å². The number of nitrogens with one attached hydrogen (secondary N) is 1. The van der Waals surface area contributed by atoms with Crippen LogP contribution in [0.4, 0.5) is 0 Å². The van der Waals surface area contributed by atoms with E-state index in [0.717, 1.165) is 10.6 Å². The van der Waals surface area contributed by atoms with Gasteiger partial charge in [0.25, 0.3) is 5.56 Å². The number of aromatic nitrogens is 2. The predicted molar refractivity (Wildman–Crippen MR) is 56.3 cm³/mol. The molecule has 0 spiro atoms. The second-order valence-corrected chi connectivity index (χ2v) is 3.83. The molecular weight excluding hydrogens is 230 g/mol. The van der Waals surface area contributed by atoms with Crippen LogP contribution in [0.15, 0.2) is 21.9 Å². The highest BCUT2D eigenvalue weighted by Gasteiger charge is 2.42. The number of nitrogens with two attached hydrogens (primary N) is 1. The highest BCUT2D eigenvalue weighted by atomic mass is 16.5. The van der Waals surface area contributed by atoms with Gasteiger partial charge in [-0.25, -0.2) is 4.79 Å². The largest absolute Gasteiger partial charge is 0.394 e. The summed E-state index contributed by atoms with van der Waals surface area (Å²) in [4.78, 5) is 24.5. The van der Waals surface area contributed by atoms with Crippen molar-refractivity contribution in [2.45, 2.75) is 24.5 Å². The van der Waals surface area contributed by atoms with E-state index in [2.05, 4.69) is 4.98 Å². The molecule has 1 fully saturated rings. The Morgan fingerprint density at radius 1 is 1.53 bits per heavy atom. The van der Waals surface area contributed by atoms with Crippen LogP contribution in [-0.2, 0) is 4.74 Å². The lowest BCUT2D eigenvalue weighted by atomic mass is 10.1. The van der Waals surface area contributed by atoms with Crippen LogP contribution in [0.1, 0.15) is 6.23 Å². The Kier molecular flexibility index (Phi) is 3.11. The van der Waals surface area contributed by atoms with Gasteiger partial charge in [0.05, 0.1) is 12.6 Å². The SMILES string of the molecule is N[C@@H]1[C@H](O)[C@H](CO)O[C@H]1n1ccc(=O)[nH]c1=O. The van der Waals surface area contributed by atoms with Gasteiger partial charge in [0.2, 0.25) is 0 Å². The van der Waals surface area contributed by atoms with Gasteiger partial charge in [-0.3, -0.25) is 14.3 Å². The monoisotopic (exact) mass is 243 g/mol. The summed E-state index contributed by atoms with van der Waals surface area (Å²) in [7, 11) is 0. The Hall–Kier alpha value is -1.48. The molecule has 0 unspecified atom stereocenters. The highest BCUT2D eigenvalue weighted by Crippen LogP contribution is 2.26. The lowest BCUT2D eigenvalue weighted by Gasteiger charge is -2.17. The van der Waals surface area contributed by atoms with Gasteiger partial charge in [0.1, 0.15) is 12.2 Å². The Morgan fingerprint density at radius 3 is 2.76 bits per heavy atom. The standard InChI is InChI=1S/C9H13N3O5/c10-6-7(15)4(3-13)17-8(6)12-2-1-5(14)11-9(12)16/h1-2,4,6-8,13,15H,3,10H2,(H,11,14,16)/t4-,6+,7+,8+/m0/s1. The molecule has 0 radical (unpaired) electrons. The van der Waals surface area contributed by atoms with Gasteiger partial charge >= 0.3 is 5.69 Å². The number of H-pyrrole nitrogens is 1. The quantitative estimate of drug-likeness (QED) is 0.441. The number of ether oxygens (including phenoxy) is 1. The maximum absolute atomic E-state index is 11.5. The van der Waals surface area contributed by atoms with Crippen LogP contribution in [0.25, 0.3) is 0 Å². The molecule has 4 atom stereocenters. The van der Waals surface area contributed by atoms with Gasteiger partial charge in [-0.15, -0.1) is 0 Å². The average molecular weight is 243 g/mol. The number of nitrogens with zero attached hydrogens (tertiary/aromatic N) is 1. The summed E-state index contributed by atoms with van der Waals surface area (Å²) in [5, 5.41) is 18.6. The van der Waals surface area contributed by atoms with E-state index in [1.54, 1.807) is 0 Å². The first kappa shape index (κ1) is 12.0. The fraction of sp³-hybridized carbons (Fsp3) is 0.556. The summed E-state index contributed by atoms with van der Waals surface area (Å²) >= 11 is 0. The van der Waals surface area contributed by atoms with Crippen LogP contribution in [0.3, 0.4) is 0 Å². The zero-order chi connectivity index (χ0) is 12.6. The van der Waals surface area contributed by atoms with E-state index in [0.29, 0.717) is 0 Å². The summed E-state index contributed by atoms with van der Waals surface area (Å²) in [6, 6.07) is 0.298.